The van der Waals surface area contributed by atoms with E-state index < -0.39 is 15.8 Å². The van der Waals surface area contributed by atoms with Crippen LogP contribution in [0.1, 0.15) is 6.92 Å². The lowest BCUT2D eigenvalue weighted by Gasteiger charge is -2.15. The maximum atomic E-state index is 13.0. The van der Waals surface area contributed by atoms with E-state index in [0.29, 0.717) is 6.54 Å². The highest BCUT2D eigenvalue weighted by atomic mass is 79.9. The van der Waals surface area contributed by atoms with E-state index in [-0.39, 0.29) is 15.4 Å². The Morgan fingerprint density at radius 2 is 2.25 bits per heavy atom. The molecule has 2 aromatic rings. The molecule has 2 rings (SSSR count). The van der Waals surface area contributed by atoms with E-state index in [1.54, 1.807) is 30.1 Å². The summed E-state index contributed by atoms with van der Waals surface area (Å²) < 4.78 is 41.8. The van der Waals surface area contributed by atoms with Gasteiger partial charge in [-0.3, -0.25) is 4.68 Å². The summed E-state index contributed by atoms with van der Waals surface area (Å²) in [5, 5.41) is 4.01. The second kappa shape index (κ2) is 6.02. The zero-order chi connectivity index (χ0) is 14.8. The predicted molar refractivity (Wildman–Crippen MR) is 76.1 cm³/mol. The van der Waals surface area contributed by atoms with Gasteiger partial charge in [0, 0.05) is 22.9 Å². The highest BCUT2D eigenvalue weighted by Crippen LogP contribution is 2.22. The van der Waals surface area contributed by atoms with E-state index in [2.05, 4.69) is 25.8 Å². The molecule has 20 heavy (non-hydrogen) atoms. The molecule has 0 amide bonds. The fourth-order valence-electron chi connectivity index (χ4n) is 1.75. The van der Waals surface area contributed by atoms with Gasteiger partial charge in [0.15, 0.2) is 0 Å². The Morgan fingerprint density at radius 3 is 2.85 bits per heavy atom. The van der Waals surface area contributed by atoms with Crippen LogP contribution in [-0.2, 0) is 16.6 Å². The van der Waals surface area contributed by atoms with Gasteiger partial charge in [0.25, 0.3) is 0 Å². The van der Waals surface area contributed by atoms with Crippen molar-refractivity contribution in [2.24, 2.45) is 0 Å². The van der Waals surface area contributed by atoms with E-state index in [1.807, 2.05) is 0 Å². The first-order chi connectivity index (χ1) is 9.38. The van der Waals surface area contributed by atoms with Crippen molar-refractivity contribution in [1.29, 1.82) is 0 Å². The third-order valence-electron chi connectivity index (χ3n) is 2.56. The Labute approximate surface area is 125 Å². The normalized spacial score (nSPS) is 13.3. The molecule has 0 aliphatic rings. The van der Waals surface area contributed by atoms with Crippen molar-refractivity contribution in [3.8, 4) is 0 Å². The van der Waals surface area contributed by atoms with Gasteiger partial charge in [-0.2, -0.15) is 5.10 Å². The smallest absolute Gasteiger partial charge is 0.241 e. The standard InChI is InChI=1S/C12H13BrFN3O2S/c1-9(8-17-6-2-5-15-17)16-20(18,19)12-4-3-10(14)7-11(12)13/h2-7,9,16H,8H2,1H3. The number of nitrogens with one attached hydrogen (secondary N) is 1. The molecule has 0 fully saturated rings. The third-order valence-corrected chi connectivity index (χ3v) is 5.13. The molecule has 0 spiro atoms. The summed E-state index contributed by atoms with van der Waals surface area (Å²) in [4.78, 5) is 0.00575. The summed E-state index contributed by atoms with van der Waals surface area (Å²) >= 11 is 3.06. The van der Waals surface area contributed by atoms with Gasteiger partial charge in [-0.25, -0.2) is 17.5 Å². The summed E-state index contributed by atoms with van der Waals surface area (Å²) in [5.41, 5.74) is 0. The lowest BCUT2D eigenvalue weighted by Crippen LogP contribution is -2.36. The van der Waals surface area contributed by atoms with Crippen molar-refractivity contribution in [3.05, 3.63) is 46.9 Å². The van der Waals surface area contributed by atoms with Gasteiger partial charge < -0.3 is 0 Å². The van der Waals surface area contributed by atoms with Crippen LogP contribution in [0.2, 0.25) is 0 Å². The van der Waals surface area contributed by atoms with Gasteiger partial charge in [0.1, 0.15) is 5.82 Å². The van der Waals surface area contributed by atoms with E-state index in [4.69, 9.17) is 0 Å². The number of halogens is 2. The predicted octanol–water partition coefficient (Wildman–Crippen LogP) is 2.15. The molecule has 1 N–H and O–H groups in total. The van der Waals surface area contributed by atoms with Crippen LogP contribution in [0.25, 0.3) is 0 Å². The summed E-state index contributed by atoms with van der Waals surface area (Å²) in [6.07, 6.45) is 3.37. The Balaban J connectivity index is 2.14. The van der Waals surface area contributed by atoms with Crippen molar-refractivity contribution in [2.45, 2.75) is 24.4 Å². The van der Waals surface area contributed by atoms with Crippen molar-refractivity contribution in [3.63, 3.8) is 0 Å². The van der Waals surface area contributed by atoms with E-state index in [1.165, 1.54) is 6.07 Å². The average Bonchev–Trinajstić information content (AvgIpc) is 2.79. The quantitative estimate of drug-likeness (QED) is 0.887. The second-order valence-corrected chi connectivity index (χ2v) is 6.86. The zero-order valence-corrected chi connectivity index (χ0v) is 13.0. The zero-order valence-electron chi connectivity index (χ0n) is 10.6. The van der Waals surface area contributed by atoms with Crippen molar-refractivity contribution in [2.75, 3.05) is 0 Å². The highest BCUT2D eigenvalue weighted by molar-refractivity contribution is 9.10. The Kier molecular flexibility index (Phi) is 4.56. The average molecular weight is 362 g/mol. The molecule has 1 heterocycles. The number of nitrogens with zero attached hydrogens (tertiary/aromatic N) is 2. The number of rotatable bonds is 5. The Bertz CT molecular complexity index is 689. The minimum atomic E-state index is -3.71. The van der Waals surface area contributed by atoms with Gasteiger partial charge in [0.2, 0.25) is 10.0 Å². The van der Waals surface area contributed by atoms with Gasteiger partial charge in [0.05, 0.1) is 11.4 Å². The monoisotopic (exact) mass is 361 g/mol. The molecule has 1 aromatic carbocycles. The maximum Gasteiger partial charge on any atom is 0.241 e. The van der Waals surface area contributed by atoms with Crippen LogP contribution in [0.5, 0.6) is 0 Å². The van der Waals surface area contributed by atoms with Crippen LogP contribution in [0.3, 0.4) is 0 Å². The topological polar surface area (TPSA) is 64.0 Å². The molecule has 108 valence electrons. The molecule has 1 aromatic heterocycles. The molecule has 1 unspecified atom stereocenters. The molecule has 0 saturated carbocycles. The van der Waals surface area contributed by atoms with Crippen molar-refractivity contribution < 1.29 is 12.8 Å². The van der Waals surface area contributed by atoms with E-state index in [9.17, 15) is 12.8 Å². The van der Waals surface area contributed by atoms with Gasteiger partial charge in [-0.05, 0) is 47.1 Å². The van der Waals surface area contributed by atoms with Crippen LogP contribution < -0.4 is 4.72 Å². The van der Waals surface area contributed by atoms with Crippen molar-refractivity contribution in [1.82, 2.24) is 14.5 Å². The van der Waals surface area contributed by atoms with Gasteiger partial charge in [-0.1, -0.05) is 0 Å². The lowest BCUT2D eigenvalue weighted by atomic mass is 10.3. The molecule has 0 saturated heterocycles. The first kappa shape index (κ1) is 15.1. The van der Waals surface area contributed by atoms with Crippen LogP contribution in [-0.4, -0.2) is 24.2 Å². The van der Waals surface area contributed by atoms with Crippen LogP contribution >= 0.6 is 15.9 Å². The molecular formula is C12H13BrFN3O2S. The number of benzene rings is 1. The van der Waals surface area contributed by atoms with E-state index in [0.717, 1.165) is 12.1 Å². The largest absolute Gasteiger partial charge is 0.271 e. The molecule has 5 nitrogen and oxygen atoms in total. The SMILES string of the molecule is CC(Cn1cccn1)NS(=O)(=O)c1ccc(F)cc1Br. The minimum Gasteiger partial charge on any atom is -0.271 e. The lowest BCUT2D eigenvalue weighted by molar-refractivity contribution is 0.493. The molecular weight excluding hydrogens is 349 g/mol. The molecule has 0 bridgehead atoms. The summed E-state index contributed by atoms with van der Waals surface area (Å²) in [7, 11) is -3.71. The molecule has 8 heteroatoms. The maximum absolute atomic E-state index is 13.0. The summed E-state index contributed by atoms with van der Waals surface area (Å²) in [6.45, 7) is 2.14. The number of sulfonamides is 1. The van der Waals surface area contributed by atoms with Crippen LogP contribution in [0.15, 0.2) is 46.0 Å². The highest BCUT2D eigenvalue weighted by Gasteiger charge is 2.20. The van der Waals surface area contributed by atoms with Gasteiger partial charge >= 0.3 is 0 Å². The first-order valence-corrected chi connectivity index (χ1v) is 8.11. The fraction of sp³-hybridized carbons (Fsp3) is 0.250. The van der Waals surface area contributed by atoms with Crippen molar-refractivity contribution >= 4 is 26.0 Å². The number of aromatic nitrogens is 2. The van der Waals surface area contributed by atoms with Crippen LogP contribution in [0, 0.1) is 5.82 Å². The molecule has 0 aliphatic heterocycles. The Morgan fingerprint density at radius 1 is 1.50 bits per heavy atom. The van der Waals surface area contributed by atoms with E-state index >= 15 is 0 Å². The number of hydrogen-bond donors (Lipinski definition) is 1. The molecule has 0 radical (unpaired) electrons. The van der Waals surface area contributed by atoms with Crippen LogP contribution in [0.4, 0.5) is 4.39 Å². The minimum absolute atomic E-state index is 0.00575. The third kappa shape index (κ3) is 3.65. The first-order valence-electron chi connectivity index (χ1n) is 5.83. The summed E-state index contributed by atoms with van der Waals surface area (Å²) in [6, 6.07) is 4.86. The molecule has 1 atom stereocenters. The fourth-order valence-corrected chi connectivity index (χ4v) is 4.03. The second-order valence-electron chi connectivity index (χ2n) is 4.33. The Hall–Kier alpha value is -1.25. The molecule has 0 aliphatic carbocycles. The van der Waals surface area contributed by atoms with Gasteiger partial charge in [-0.15, -0.1) is 0 Å². The number of hydrogen-bond acceptors (Lipinski definition) is 3. The summed E-state index contributed by atoms with van der Waals surface area (Å²) in [5.74, 6) is -0.500.